The van der Waals surface area contributed by atoms with Gasteiger partial charge in [0.15, 0.2) is 0 Å². The zero-order valence-electron chi connectivity index (χ0n) is 16.4. The van der Waals surface area contributed by atoms with Gasteiger partial charge in [-0.2, -0.15) is 0 Å². The van der Waals surface area contributed by atoms with Crippen molar-refractivity contribution in [2.45, 2.75) is 18.4 Å². The normalized spacial score (nSPS) is 11.5. The second-order valence-electron chi connectivity index (χ2n) is 6.87. The lowest BCUT2D eigenvalue weighted by atomic mass is 10.0. The Labute approximate surface area is 182 Å². The Morgan fingerprint density at radius 2 is 1.81 bits per heavy atom. The maximum absolute atomic E-state index is 13.1. The van der Waals surface area contributed by atoms with Crippen LogP contribution in [-0.2, 0) is 21.4 Å². The van der Waals surface area contributed by atoms with E-state index in [2.05, 4.69) is 10.3 Å². The number of nitrogens with one attached hydrogen (secondary N) is 1. The minimum atomic E-state index is -3.81. The molecule has 0 atom stereocenters. The number of thiophene rings is 1. The van der Waals surface area contributed by atoms with Crippen LogP contribution in [0.2, 0.25) is 0 Å². The molecule has 0 unspecified atom stereocenters. The number of anilines is 1. The SMILES string of the molecule is Cc1sc2ncn(CC(=O)Nc3ccc(S(N)(=O)=O)cc3)c(=O)c2c1-c1ccccc1. The summed E-state index contributed by atoms with van der Waals surface area (Å²) in [4.78, 5) is 31.5. The van der Waals surface area contributed by atoms with Gasteiger partial charge in [0.2, 0.25) is 15.9 Å². The lowest BCUT2D eigenvalue weighted by Crippen LogP contribution is -2.27. The average Bonchev–Trinajstić information content (AvgIpc) is 3.07. The Morgan fingerprint density at radius 3 is 2.45 bits per heavy atom. The summed E-state index contributed by atoms with van der Waals surface area (Å²) >= 11 is 1.44. The van der Waals surface area contributed by atoms with E-state index in [1.165, 1.54) is 46.5 Å². The molecule has 10 heteroatoms. The molecular weight excluding hydrogens is 436 g/mol. The molecule has 0 aliphatic carbocycles. The molecule has 0 saturated heterocycles. The third kappa shape index (κ3) is 4.26. The summed E-state index contributed by atoms with van der Waals surface area (Å²) in [6.45, 7) is 1.71. The summed E-state index contributed by atoms with van der Waals surface area (Å²) in [5, 5.41) is 8.19. The number of sulfonamides is 1. The minimum Gasteiger partial charge on any atom is -0.325 e. The van der Waals surface area contributed by atoms with Gasteiger partial charge in [-0.25, -0.2) is 18.5 Å². The van der Waals surface area contributed by atoms with Crippen molar-refractivity contribution in [1.29, 1.82) is 0 Å². The molecule has 1 amide bonds. The number of rotatable bonds is 5. The Bertz CT molecular complexity index is 1440. The topological polar surface area (TPSA) is 124 Å². The predicted molar refractivity (Wildman–Crippen MR) is 120 cm³/mol. The first-order valence-corrected chi connectivity index (χ1v) is 11.6. The smallest absolute Gasteiger partial charge is 0.263 e. The molecule has 4 rings (SSSR count). The molecule has 2 aromatic carbocycles. The number of fused-ring (bicyclic) bond motifs is 1. The van der Waals surface area contributed by atoms with Gasteiger partial charge in [-0.05, 0) is 36.8 Å². The Kier molecular flexibility index (Phi) is 5.44. The van der Waals surface area contributed by atoms with Gasteiger partial charge in [-0.15, -0.1) is 11.3 Å². The second kappa shape index (κ2) is 8.06. The van der Waals surface area contributed by atoms with E-state index in [0.29, 0.717) is 15.9 Å². The van der Waals surface area contributed by atoms with E-state index in [9.17, 15) is 18.0 Å². The van der Waals surface area contributed by atoms with Gasteiger partial charge in [0, 0.05) is 16.1 Å². The van der Waals surface area contributed by atoms with Crippen LogP contribution < -0.4 is 16.0 Å². The van der Waals surface area contributed by atoms with Crippen LogP contribution in [0.5, 0.6) is 0 Å². The average molecular weight is 455 g/mol. The van der Waals surface area contributed by atoms with E-state index in [0.717, 1.165) is 16.0 Å². The highest BCUT2D eigenvalue weighted by Gasteiger charge is 2.18. The van der Waals surface area contributed by atoms with Gasteiger partial charge in [0.1, 0.15) is 11.4 Å². The van der Waals surface area contributed by atoms with Crippen molar-refractivity contribution in [3.63, 3.8) is 0 Å². The van der Waals surface area contributed by atoms with Crippen LogP contribution in [0.4, 0.5) is 5.69 Å². The van der Waals surface area contributed by atoms with E-state index < -0.39 is 15.9 Å². The first kappa shape index (κ1) is 20.9. The van der Waals surface area contributed by atoms with Gasteiger partial charge in [0.25, 0.3) is 5.56 Å². The first-order valence-electron chi connectivity index (χ1n) is 9.21. The molecule has 3 N–H and O–H groups in total. The highest BCUT2D eigenvalue weighted by Crippen LogP contribution is 2.35. The van der Waals surface area contributed by atoms with Crippen LogP contribution in [0.1, 0.15) is 4.88 Å². The molecule has 0 aliphatic rings. The lowest BCUT2D eigenvalue weighted by molar-refractivity contribution is -0.116. The number of carbonyl (C=O) groups excluding carboxylic acids is 1. The van der Waals surface area contributed by atoms with E-state index in [1.54, 1.807) is 0 Å². The van der Waals surface area contributed by atoms with E-state index in [1.807, 2.05) is 37.3 Å². The number of hydrogen-bond donors (Lipinski definition) is 2. The number of hydrogen-bond acceptors (Lipinski definition) is 6. The quantitative estimate of drug-likeness (QED) is 0.480. The molecule has 8 nitrogen and oxygen atoms in total. The summed E-state index contributed by atoms with van der Waals surface area (Å²) in [6.07, 6.45) is 1.36. The summed E-state index contributed by atoms with van der Waals surface area (Å²) < 4.78 is 23.9. The number of nitrogens with two attached hydrogens (primary N) is 1. The molecule has 158 valence electrons. The molecule has 2 heterocycles. The van der Waals surface area contributed by atoms with Crippen molar-refractivity contribution >= 4 is 43.2 Å². The fraction of sp³-hybridized carbons (Fsp3) is 0.0952. The summed E-state index contributed by atoms with van der Waals surface area (Å²) in [5.74, 6) is -0.445. The van der Waals surface area contributed by atoms with Gasteiger partial charge >= 0.3 is 0 Å². The minimum absolute atomic E-state index is 0.0577. The van der Waals surface area contributed by atoms with Crippen molar-refractivity contribution in [2.75, 3.05) is 5.32 Å². The van der Waals surface area contributed by atoms with Gasteiger partial charge < -0.3 is 5.32 Å². The molecule has 2 aromatic heterocycles. The maximum Gasteiger partial charge on any atom is 0.263 e. The van der Waals surface area contributed by atoms with Crippen LogP contribution in [0.3, 0.4) is 0 Å². The molecule has 0 spiro atoms. The Morgan fingerprint density at radius 1 is 1.13 bits per heavy atom. The summed E-state index contributed by atoms with van der Waals surface area (Å²) in [5.41, 5.74) is 1.83. The van der Waals surface area contributed by atoms with Crippen molar-refractivity contribution in [1.82, 2.24) is 9.55 Å². The van der Waals surface area contributed by atoms with Gasteiger partial charge in [0.05, 0.1) is 16.6 Å². The number of primary sulfonamides is 1. The van der Waals surface area contributed by atoms with Crippen LogP contribution in [0.15, 0.2) is 70.6 Å². The third-order valence-electron chi connectivity index (χ3n) is 4.70. The lowest BCUT2D eigenvalue weighted by Gasteiger charge is -2.08. The van der Waals surface area contributed by atoms with E-state index in [4.69, 9.17) is 5.14 Å². The van der Waals surface area contributed by atoms with Crippen molar-refractivity contribution in [2.24, 2.45) is 5.14 Å². The van der Waals surface area contributed by atoms with E-state index in [-0.39, 0.29) is 17.0 Å². The molecular formula is C21H18N4O4S2. The number of nitrogens with zero attached hydrogens (tertiary/aromatic N) is 2. The predicted octanol–water partition coefficient (Wildman–Crippen LogP) is 2.72. The number of benzene rings is 2. The highest BCUT2D eigenvalue weighted by molar-refractivity contribution is 7.89. The molecule has 0 saturated carbocycles. The standard InChI is InChI=1S/C21H18N4O4S2/c1-13-18(14-5-3-2-4-6-14)19-20(30-13)23-12-25(21(19)27)11-17(26)24-15-7-9-16(10-8-15)31(22,28)29/h2-10,12H,11H2,1H3,(H,24,26)(H2,22,28,29). The number of aromatic nitrogens is 2. The van der Waals surface area contributed by atoms with Crippen molar-refractivity contribution in [3.05, 3.63) is 76.2 Å². The zero-order valence-corrected chi connectivity index (χ0v) is 18.0. The van der Waals surface area contributed by atoms with Gasteiger partial charge in [-0.3, -0.25) is 14.2 Å². The molecule has 31 heavy (non-hydrogen) atoms. The highest BCUT2D eigenvalue weighted by atomic mass is 32.2. The largest absolute Gasteiger partial charge is 0.325 e. The van der Waals surface area contributed by atoms with Crippen LogP contribution in [0, 0.1) is 6.92 Å². The molecule has 0 fully saturated rings. The number of carbonyl (C=O) groups is 1. The Hall–Kier alpha value is -3.34. The van der Waals surface area contributed by atoms with Crippen molar-refractivity contribution in [3.8, 4) is 11.1 Å². The number of aryl methyl sites for hydroxylation is 1. The second-order valence-corrected chi connectivity index (χ2v) is 9.64. The van der Waals surface area contributed by atoms with Crippen LogP contribution in [-0.4, -0.2) is 23.9 Å². The van der Waals surface area contributed by atoms with E-state index >= 15 is 0 Å². The van der Waals surface area contributed by atoms with Gasteiger partial charge in [-0.1, -0.05) is 30.3 Å². The number of amides is 1. The summed E-state index contributed by atoms with van der Waals surface area (Å²) in [6, 6.07) is 15.0. The molecule has 0 radical (unpaired) electrons. The third-order valence-corrected chi connectivity index (χ3v) is 6.64. The molecule has 0 aliphatic heterocycles. The fourth-order valence-electron chi connectivity index (χ4n) is 3.29. The fourth-order valence-corrected chi connectivity index (χ4v) is 4.80. The van der Waals surface area contributed by atoms with Crippen LogP contribution in [0.25, 0.3) is 21.3 Å². The van der Waals surface area contributed by atoms with Crippen LogP contribution >= 0.6 is 11.3 Å². The summed E-state index contributed by atoms with van der Waals surface area (Å²) in [7, 11) is -3.81. The van der Waals surface area contributed by atoms with Crippen molar-refractivity contribution < 1.29 is 13.2 Å². The molecule has 4 aromatic rings. The Balaban J connectivity index is 1.62. The molecule has 0 bridgehead atoms. The maximum atomic E-state index is 13.1. The zero-order chi connectivity index (χ0) is 22.2. The monoisotopic (exact) mass is 454 g/mol. The first-order chi connectivity index (χ1) is 14.7.